The van der Waals surface area contributed by atoms with E-state index < -0.39 is 15.8 Å². The zero-order valence-corrected chi connectivity index (χ0v) is 19.8. The average Bonchev–Trinajstić information content (AvgIpc) is 2.83. The van der Waals surface area contributed by atoms with Gasteiger partial charge in [0.2, 0.25) is 5.91 Å². The molecular weight excluding hydrogens is 453 g/mol. The van der Waals surface area contributed by atoms with Gasteiger partial charge in [-0.15, -0.1) is 0 Å². The lowest BCUT2D eigenvalue weighted by Gasteiger charge is -2.31. The minimum absolute atomic E-state index is 0.0463. The molecule has 1 aliphatic heterocycles. The number of hydrogen-bond donors (Lipinski definition) is 2. The fraction of sp³-hybridized carbons (Fsp3) is 0.269. The Morgan fingerprint density at radius 3 is 2.12 bits per heavy atom. The summed E-state index contributed by atoms with van der Waals surface area (Å²) in [5.74, 6) is -0.562. The van der Waals surface area contributed by atoms with Gasteiger partial charge in [0.25, 0.3) is 10.0 Å². The van der Waals surface area contributed by atoms with Crippen LogP contribution in [0.15, 0.2) is 77.7 Å². The molecule has 6 nitrogen and oxygen atoms in total. The highest BCUT2D eigenvalue weighted by Gasteiger charge is 2.25. The van der Waals surface area contributed by atoms with E-state index in [1.807, 2.05) is 0 Å². The number of benzene rings is 3. The second kappa shape index (κ2) is 10.4. The summed E-state index contributed by atoms with van der Waals surface area (Å²) in [5, 5.41) is 2.90. The van der Waals surface area contributed by atoms with Crippen molar-refractivity contribution in [2.24, 2.45) is 5.92 Å². The third kappa shape index (κ3) is 6.21. The number of piperidine rings is 1. The molecule has 1 saturated heterocycles. The molecule has 3 aromatic carbocycles. The van der Waals surface area contributed by atoms with Crippen molar-refractivity contribution in [3.05, 3.63) is 89.7 Å². The lowest BCUT2D eigenvalue weighted by Crippen LogP contribution is -2.37. The van der Waals surface area contributed by atoms with Crippen LogP contribution in [0, 0.1) is 18.7 Å². The lowest BCUT2D eigenvalue weighted by atomic mass is 9.95. The van der Waals surface area contributed by atoms with Crippen molar-refractivity contribution in [3.63, 3.8) is 0 Å². The number of nitrogens with one attached hydrogen (secondary N) is 2. The van der Waals surface area contributed by atoms with E-state index in [0.717, 1.165) is 32.5 Å². The highest BCUT2D eigenvalue weighted by molar-refractivity contribution is 7.92. The largest absolute Gasteiger partial charge is 0.326 e. The van der Waals surface area contributed by atoms with Crippen molar-refractivity contribution in [2.75, 3.05) is 23.1 Å². The summed E-state index contributed by atoms with van der Waals surface area (Å²) < 4.78 is 40.5. The van der Waals surface area contributed by atoms with E-state index in [4.69, 9.17) is 0 Å². The number of nitrogens with zero attached hydrogens (tertiary/aromatic N) is 1. The summed E-state index contributed by atoms with van der Waals surface area (Å²) in [6.45, 7) is 4.68. The molecule has 1 heterocycles. The normalized spacial score (nSPS) is 15.1. The molecular formula is C26H28FN3O3S. The van der Waals surface area contributed by atoms with Crippen LogP contribution in [-0.4, -0.2) is 32.3 Å². The van der Waals surface area contributed by atoms with Crippen LogP contribution in [0.1, 0.15) is 24.0 Å². The van der Waals surface area contributed by atoms with Gasteiger partial charge in [0, 0.05) is 23.8 Å². The van der Waals surface area contributed by atoms with Crippen molar-refractivity contribution in [3.8, 4) is 0 Å². The molecule has 1 fully saturated rings. The Morgan fingerprint density at radius 2 is 1.50 bits per heavy atom. The Labute approximate surface area is 199 Å². The number of amides is 1. The Morgan fingerprint density at radius 1 is 0.912 bits per heavy atom. The van der Waals surface area contributed by atoms with Gasteiger partial charge < -0.3 is 5.32 Å². The van der Waals surface area contributed by atoms with E-state index in [-0.39, 0.29) is 22.4 Å². The van der Waals surface area contributed by atoms with E-state index in [9.17, 15) is 17.6 Å². The summed E-state index contributed by atoms with van der Waals surface area (Å²) in [6.07, 6.45) is 1.57. The predicted molar refractivity (Wildman–Crippen MR) is 131 cm³/mol. The van der Waals surface area contributed by atoms with Crippen LogP contribution < -0.4 is 10.0 Å². The second-order valence-electron chi connectivity index (χ2n) is 8.66. The summed E-state index contributed by atoms with van der Waals surface area (Å²) in [7, 11) is -3.82. The van der Waals surface area contributed by atoms with Crippen molar-refractivity contribution >= 4 is 27.3 Å². The predicted octanol–water partition coefficient (Wildman–Crippen LogP) is 4.79. The van der Waals surface area contributed by atoms with E-state index in [0.29, 0.717) is 5.69 Å². The fourth-order valence-corrected chi connectivity index (χ4v) is 5.06. The standard InChI is InChI=1S/C26H28FN3O3S/c1-19-2-4-20(5-3-19)18-30-16-14-21(15-17-30)26(31)28-23-10-12-25(13-11-23)34(32,33)29-24-8-6-22(27)7-9-24/h2-13,21,29H,14-18H2,1H3,(H,28,31). The molecule has 34 heavy (non-hydrogen) atoms. The van der Waals surface area contributed by atoms with Crippen LogP contribution in [0.3, 0.4) is 0 Å². The van der Waals surface area contributed by atoms with Gasteiger partial charge in [-0.3, -0.25) is 14.4 Å². The highest BCUT2D eigenvalue weighted by Crippen LogP contribution is 2.23. The van der Waals surface area contributed by atoms with Crippen LogP contribution in [0.4, 0.5) is 15.8 Å². The van der Waals surface area contributed by atoms with E-state index >= 15 is 0 Å². The zero-order chi connectivity index (χ0) is 24.1. The minimum Gasteiger partial charge on any atom is -0.326 e. The SMILES string of the molecule is Cc1ccc(CN2CCC(C(=O)Nc3ccc(S(=O)(=O)Nc4ccc(F)cc4)cc3)CC2)cc1. The number of likely N-dealkylation sites (tertiary alicyclic amines) is 1. The monoisotopic (exact) mass is 481 g/mol. The van der Waals surface area contributed by atoms with Crippen LogP contribution >= 0.6 is 0 Å². The fourth-order valence-electron chi connectivity index (χ4n) is 4.00. The first-order chi connectivity index (χ1) is 16.3. The third-order valence-corrected chi connectivity index (χ3v) is 7.41. The number of carbonyl (C=O) groups is 1. The lowest BCUT2D eigenvalue weighted by molar-refractivity contribution is -0.121. The molecule has 0 atom stereocenters. The summed E-state index contributed by atoms with van der Waals surface area (Å²) in [4.78, 5) is 15.1. The van der Waals surface area contributed by atoms with Gasteiger partial charge in [0.15, 0.2) is 0 Å². The molecule has 1 amide bonds. The summed E-state index contributed by atoms with van der Waals surface area (Å²) >= 11 is 0. The van der Waals surface area contributed by atoms with Crippen LogP contribution in [0.5, 0.6) is 0 Å². The van der Waals surface area contributed by atoms with Gasteiger partial charge in [-0.2, -0.15) is 0 Å². The summed E-state index contributed by atoms with van der Waals surface area (Å²) in [5.41, 5.74) is 3.34. The number of sulfonamides is 1. The maximum atomic E-state index is 13.0. The molecule has 178 valence electrons. The Balaban J connectivity index is 1.29. The molecule has 8 heteroatoms. The Bertz CT molecular complexity index is 1220. The average molecular weight is 482 g/mol. The molecule has 0 bridgehead atoms. The van der Waals surface area contributed by atoms with Crippen LogP contribution in [0.25, 0.3) is 0 Å². The quantitative estimate of drug-likeness (QED) is 0.509. The van der Waals surface area contributed by atoms with Gasteiger partial charge in [0.05, 0.1) is 4.90 Å². The van der Waals surface area contributed by atoms with Crippen molar-refractivity contribution < 1.29 is 17.6 Å². The van der Waals surface area contributed by atoms with E-state index in [2.05, 4.69) is 46.1 Å². The first kappa shape index (κ1) is 23.9. The van der Waals surface area contributed by atoms with Gasteiger partial charge in [0.1, 0.15) is 5.82 Å². The smallest absolute Gasteiger partial charge is 0.261 e. The molecule has 0 spiro atoms. The van der Waals surface area contributed by atoms with Crippen LogP contribution in [0.2, 0.25) is 0 Å². The highest BCUT2D eigenvalue weighted by atomic mass is 32.2. The van der Waals surface area contributed by atoms with Crippen LogP contribution in [-0.2, 0) is 21.4 Å². The maximum absolute atomic E-state index is 13.0. The molecule has 0 radical (unpaired) electrons. The number of anilines is 2. The molecule has 0 unspecified atom stereocenters. The molecule has 2 N–H and O–H groups in total. The van der Waals surface area contributed by atoms with Crippen molar-refractivity contribution in [2.45, 2.75) is 31.2 Å². The Kier molecular flexibility index (Phi) is 7.29. The molecule has 0 saturated carbocycles. The molecule has 0 aromatic heterocycles. The molecule has 4 rings (SSSR count). The molecule has 1 aliphatic rings. The zero-order valence-electron chi connectivity index (χ0n) is 19.0. The first-order valence-corrected chi connectivity index (χ1v) is 12.7. The molecule has 0 aliphatic carbocycles. The topological polar surface area (TPSA) is 78.5 Å². The van der Waals surface area contributed by atoms with E-state index in [1.165, 1.54) is 47.5 Å². The number of rotatable bonds is 7. The van der Waals surface area contributed by atoms with Gasteiger partial charge >= 0.3 is 0 Å². The third-order valence-electron chi connectivity index (χ3n) is 6.01. The number of carbonyl (C=O) groups excluding carboxylic acids is 1. The Hall–Kier alpha value is -3.23. The van der Waals surface area contributed by atoms with Gasteiger partial charge in [-0.25, -0.2) is 12.8 Å². The van der Waals surface area contributed by atoms with Gasteiger partial charge in [-0.1, -0.05) is 29.8 Å². The summed E-state index contributed by atoms with van der Waals surface area (Å²) in [6, 6.07) is 19.6. The number of hydrogen-bond acceptors (Lipinski definition) is 4. The maximum Gasteiger partial charge on any atom is 0.261 e. The van der Waals surface area contributed by atoms with Crippen molar-refractivity contribution in [1.29, 1.82) is 0 Å². The van der Waals surface area contributed by atoms with Gasteiger partial charge in [-0.05, 0) is 86.9 Å². The van der Waals surface area contributed by atoms with Crippen molar-refractivity contribution in [1.82, 2.24) is 4.90 Å². The van der Waals surface area contributed by atoms with E-state index in [1.54, 1.807) is 12.1 Å². The minimum atomic E-state index is -3.82. The molecule has 3 aromatic rings. The second-order valence-corrected chi connectivity index (χ2v) is 10.3. The number of halogens is 1. The first-order valence-electron chi connectivity index (χ1n) is 11.3. The number of aryl methyl sites for hydroxylation is 1.